The van der Waals surface area contributed by atoms with Crippen LogP contribution in [0.4, 0.5) is 0 Å². The topological polar surface area (TPSA) is 94.0 Å². The van der Waals surface area contributed by atoms with Crippen LogP contribution >= 0.6 is 0 Å². The Balaban J connectivity index is 2.12. The highest BCUT2D eigenvalue weighted by Gasteiger charge is 2.15. The molecular weight excluding hydrogens is 268 g/mol. The van der Waals surface area contributed by atoms with Gasteiger partial charge in [0.1, 0.15) is 22.5 Å². The highest BCUT2D eigenvalue weighted by Crippen LogP contribution is 2.23. The predicted molar refractivity (Wildman–Crippen MR) is 78.5 cm³/mol. The number of nitrogens with two attached hydrogens (primary N) is 1. The minimum atomic E-state index is -0.605. The second-order valence-corrected chi connectivity index (χ2v) is 4.83. The molecule has 1 aromatic heterocycles. The number of nitrogens with zero attached hydrogens (tertiary/aromatic N) is 3. The van der Waals surface area contributed by atoms with Crippen LogP contribution in [0, 0.1) is 0 Å². The van der Waals surface area contributed by atoms with E-state index >= 15 is 0 Å². The number of aromatic hydroxyl groups is 1. The summed E-state index contributed by atoms with van der Waals surface area (Å²) >= 11 is 0. The van der Waals surface area contributed by atoms with Gasteiger partial charge in [0.15, 0.2) is 5.78 Å². The summed E-state index contributed by atoms with van der Waals surface area (Å²) in [6.45, 7) is 1.62. The van der Waals surface area contributed by atoms with Gasteiger partial charge in [0.05, 0.1) is 6.04 Å². The molecule has 0 radical (unpaired) electrons. The van der Waals surface area contributed by atoms with Crippen molar-refractivity contribution in [2.75, 3.05) is 0 Å². The molecule has 2 aromatic carbocycles. The molecule has 0 unspecified atom stereocenters. The molecule has 0 fully saturated rings. The van der Waals surface area contributed by atoms with Crippen LogP contribution in [0.25, 0.3) is 16.7 Å². The van der Waals surface area contributed by atoms with Gasteiger partial charge in [-0.05, 0) is 37.3 Å². The molecule has 106 valence electrons. The molecule has 21 heavy (non-hydrogen) atoms. The summed E-state index contributed by atoms with van der Waals surface area (Å²) < 4.78 is 0. The molecule has 0 aliphatic rings. The van der Waals surface area contributed by atoms with Gasteiger partial charge in [0, 0.05) is 5.56 Å². The van der Waals surface area contributed by atoms with Crippen molar-refractivity contribution in [3.05, 3.63) is 48.0 Å². The second-order valence-electron chi connectivity index (χ2n) is 4.83. The van der Waals surface area contributed by atoms with Crippen molar-refractivity contribution >= 4 is 16.8 Å². The summed E-state index contributed by atoms with van der Waals surface area (Å²) in [4.78, 5) is 13.3. The van der Waals surface area contributed by atoms with Crippen molar-refractivity contribution < 1.29 is 9.90 Å². The van der Waals surface area contributed by atoms with Crippen LogP contribution in [-0.4, -0.2) is 31.9 Å². The van der Waals surface area contributed by atoms with E-state index in [-0.39, 0.29) is 11.5 Å². The molecule has 1 heterocycles. The van der Waals surface area contributed by atoms with E-state index in [0.29, 0.717) is 22.3 Å². The summed E-state index contributed by atoms with van der Waals surface area (Å²) in [5.41, 5.74) is 7.79. The fraction of sp³-hybridized carbons (Fsp3) is 0.133. The molecule has 0 saturated carbocycles. The molecule has 0 aliphatic heterocycles. The van der Waals surface area contributed by atoms with Crippen molar-refractivity contribution in [3.63, 3.8) is 0 Å². The van der Waals surface area contributed by atoms with E-state index in [1.165, 1.54) is 16.9 Å². The van der Waals surface area contributed by atoms with Crippen LogP contribution in [0.15, 0.2) is 42.5 Å². The van der Waals surface area contributed by atoms with Crippen molar-refractivity contribution in [3.8, 4) is 11.4 Å². The number of carbonyl (C=O) groups is 1. The van der Waals surface area contributed by atoms with Gasteiger partial charge in [-0.2, -0.15) is 0 Å². The second kappa shape index (κ2) is 4.99. The fourth-order valence-electron chi connectivity index (χ4n) is 2.07. The van der Waals surface area contributed by atoms with Gasteiger partial charge in [-0.1, -0.05) is 12.1 Å². The van der Waals surface area contributed by atoms with E-state index in [0.717, 1.165) is 0 Å². The first-order valence-electron chi connectivity index (χ1n) is 6.51. The predicted octanol–water partition coefficient (Wildman–Crippen LogP) is 1.66. The lowest BCUT2D eigenvalue weighted by molar-refractivity contribution is 0.0968. The van der Waals surface area contributed by atoms with Crippen molar-refractivity contribution in [1.29, 1.82) is 0 Å². The number of phenolic OH excluding ortho intramolecular Hbond substituents is 1. The maximum absolute atomic E-state index is 12.0. The Bertz CT molecular complexity index is 790. The standard InChI is InChI=1S/C15H14N4O2/c1-9(16)15(21)10-6-7-14(20)13(8-10)19-17-11-4-2-3-5-12(11)18-19/h2-9,20H,16H2,1H3/t9-/m0/s1. The number of rotatable bonds is 3. The number of Topliss-reactive ketones (excluding diaryl/α,β-unsaturated/α-hetero) is 1. The first-order valence-corrected chi connectivity index (χ1v) is 6.51. The van der Waals surface area contributed by atoms with Crippen LogP contribution in [0.3, 0.4) is 0 Å². The van der Waals surface area contributed by atoms with E-state index in [2.05, 4.69) is 10.2 Å². The van der Waals surface area contributed by atoms with Crippen molar-refractivity contribution in [1.82, 2.24) is 15.0 Å². The number of ketones is 1. The summed E-state index contributed by atoms with van der Waals surface area (Å²) in [7, 11) is 0. The normalized spacial score (nSPS) is 12.5. The summed E-state index contributed by atoms with van der Waals surface area (Å²) in [5.74, 6) is -0.204. The first kappa shape index (κ1) is 13.3. The third-order valence-corrected chi connectivity index (χ3v) is 3.18. The maximum Gasteiger partial charge on any atom is 0.179 e. The zero-order valence-electron chi connectivity index (χ0n) is 11.4. The van der Waals surface area contributed by atoms with Crippen molar-refractivity contribution in [2.24, 2.45) is 5.73 Å². The molecule has 0 amide bonds. The number of benzene rings is 2. The average Bonchev–Trinajstić information content (AvgIpc) is 2.90. The fourth-order valence-corrected chi connectivity index (χ4v) is 2.07. The minimum Gasteiger partial charge on any atom is -0.506 e. The van der Waals surface area contributed by atoms with Gasteiger partial charge < -0.3 is 10.8 Å². The van der Waals surface area contributed by atoms with Gasteiger partial charge in [-0.25, -0.2) is 0 Å². The van der Waals surface area contributed by atoms with Crippen LogP contribution < -0.4 is 5.73 Å². The third-order valence-electron chi connectivity index (χ3n) is 3.18. The zero-order chi connectivity index (χ0) is 15.0. The van der Waals surface area contributed by atoms with Crippen LogP contribution in [0.2, 0.25) is 0 Å². The lowest BCUT2D eigenvalue weighted by atomic mass is 10.1. The highest BCUT2D eigenvalue weighted by atomic mass is 16.3. The summed E-state index contributed by atoms with van der Waals surface area (Å²) in [5, 5.41) is 18.6. The molecule has 0 aliphatic carbocycles. The van der Waals surface area contributed by atoms with E-state index in [1.807, 2.05) is 24.3 Å². The largest absolute Gasteiger partial charge is 0.506 e. The first-order chi connectivity index (χ1) is 10.1. The van der Waals surface area contributed by atoms with Crippen LogP contribution in [0.1, 0.15) is 17.3 Å². The monoisotopic (exact) mass is 282 g/mol. The smallest absolute Gasteiger partial charge is 0.179 e. The van der Waals surface area contributed by atoms with Gasteiger partial charge in [0.25, 0.3) is 0 Å². The Morgan fingerprint density at radius 3 is 2.38 bits per heavy atom. The molecule has 1 atom stereocenters. The van der Waals surface area contributed by atoms with Gasteiger partial charge in [-0.3, -0.25) is 4.79 Å². The summed E-state index contributed by atoms with van der Waals surface area (Å²) in [6, 6.07) is 11.3. The average molecular weight is 282 g/mol. The molecule has 6 heteroatoms. The number of fused-ring (bicyclic) bond motifs is 1. The Hall–Kier alpha value is -2.73. The van der Waals surface area contributed by atoms with Crippen molar-refractivity contribution in [2.45, 2.75) is 13.0 Å². The van der Waals surface area contributed by atoms with Gasteiger partial charge in [-0.15, -0.1) is 15.0 Å². The molecule has 3 rings (SSSR count). The quantitative estimate of drug-likeness (QED) is 0.712. The van der Waals surface area contributed by atoms with E-state index in [9.17, 15) is 9.90 Å². The van der Waals surface area contributed by atoms with E-state index in [4.69, 9.17) is 5.73 Å². The zero-order valence-corrected chi connectivity index (χ0v) is 11.4. The maximum atomic E-state index is 12.0. The number of hydrogen-bond acceptors (Lipinski definition) is 5. The van der Waals surface area contributed by atoms with E-state index < -0.39 is 6.04 Å². The molecular formula is C15H14N4O2. The molecule has 0 bridgehead atoms. The highest BCUT2D eigenvalue weighted by molar-refractivity contribution is 6.00. The number of hydrogen-bond donors (Lipinski definition) is 2. The minimum absolute atomic E-state index is 0.00321. The Labute approximate surface area is 120 Å². The Morgan fingerprint density at radius 1 is 1.19 bits per heavy atom. The molecule has 3 aromatic rings. The molecule has 3 N–H and O–H groups in total. The lowest BCUT2D eigenvalue weighted by Crippen LogP contribution is -2.26. The Morgan fingerprint density at radius 2 is 1.81 bits per heavy atom. The molecule has 0 spiro atoms. The van der Waals surface area contributed by atoms with Crippen LogP contribution in [0.5, 0.6) is 5.75 Å². The van der Waals surface area contributed by atoms with Gasteiger partial charge in [0.2, 0.25) is 0 Å². The van der Waals surface area contributed by atoms with E-state index in [1.54, 1.807) is 13.0 Å². The Kier molecular flexibility index (Phi) is 3.15. The molecule has 6 nitrogen and oxygen atoms in total. The molecule has 0 saturated heterocycles. The number of aromatic nitrogens is 3. The lowest BCUT2D eigenvalue weighted by Gasteiger charge is -2.08. The van der Waals surface area contributed by atoms with Crippen LogP contribution in [-0.2, 0) is 0 Å². The number of phenols is 1. The van der Waals surface area contributed by atoms with Gasteiger partial charge >= 0.3 is 0 Å². The SMILES string of the molecule is C[C@H](N)C(=O)c1ccc(O)c(-n2nc3ccccc3n2)c1. The third kappa shape index (κ3) is 2.36. The summed E-state index contributed by atoms with van der Waals surface area (Å²) in [6.07, 6.45) is 0. The number of carbonyl (C=O) groups excluding carboxylic acids is 1.